The molecule has 6 rings (SSSR count). The van der Waals surface area contributed by atoms with Crippen molar-refractivity contribution in [3.8, 4) is 34.0 Å². The molecular formula is C24H15F2N3O2. The molecule has 3 aromatic rings. The normalized spacial score (nSPS) is 12.7. The maximum absolute atomic E-state index is 14.4. The number of ether oxygens (including phenoxy) is 2. The monoisotopic (exact) mass is 415 g/mol. The van der Waals surface area contributed by atoms with Gasteiger partial charge in [0, 0.05) is 34.3 Å². The predicted octanol–water partition coefficient (Wildman–Crippen LogP) is 5.26. The molecule has 0 unspecified atom stereocenters. The van der Waals surface area contributed by atoms with Gasteiger partial charge in [-0.25, -0.2) is 8.78 Å². The first-order valence-corrected chi connectivity index (χ1v) is 9.75. The van der Waals surface area contributed by atoms with E-state index in [1.54, 1.807) is 24.3 Å². The lowest BCUT2D eigenvalue weighted by atomic mass is 10.0. The van der Waals surface area contributed by atoms with Crippen LogP contribution in [0.4, 0.5) is 8.78 Å². The Kier molecular flexibility index (Phi) is 3.89. The zero-order chi connectivity index (χ0) is 20.9. The van der Waals surface area contributed by atoms with Gasteiger partial charge in [0.1, 0.15) is 23.0 Å². The summed E-state index contributed by atoms with van der Waals surface area (Å²) >= 11 is 0. The van der Waals surface area contributed by atoms with Gasteiger partial charge in [-0.05, 0) is 36.4 Å². The molecule has 0 aromatic heterocycles. The maximum atomic E-state index is 14.4. The van der Waals surface area contributed by atoms with Crippen molar-refractivity contribution in [3.05, 3.63) is 84.1 Å². The Balaban J connectivity index is 1.61. The molecule has 0 fully saturated rings. The molecule has 0 atom stereocenters. The molecule has 0 saturated carbocycles. The molecule has 31 heavy (non-hydrogen) atoms. The van der Waals surface area contributed by atoms with E-state index in [-0.39, 0.29) is 18.4 Å². The highest BCUT2D eigenvalue weighted by atomic mass is 19.1. The third kappa shape index (κ3) is 2.89. The molecule has 0 bridgehead atoms. The van der Waals surface area contributed by atoms with E-state index in [2.05, 4.69) is 10.2 Å². The lowest BCUT2D eigenvalue weighted by Gasteiger charge is -2.16. The number of pyridine rings is 1. The first-order valence-electron chi connectivity index (χ1n) is 9.75. The second-order valence-corrected chi connectivity index (χ2v) is 7.39. The molecule has 152 valence electrons. The van der Waals surface area contributed by atoms with E-state index in [1.165, 1.54) is 18.2 Å². The Morgan fingerprint density at radius 2 is 1.61 bits per heavy atom. The van der Waals surface area contributed by atoms with Gasteiger partial charge in [0.15, 0.2) is 11.5 Å². The van der Waals surface area contributed by atoms with E-state index in [9.17, 15) is 8.78 Å². The van der Waals surface area contributed by atoms with Gasteiger partial charge in [0.25, 0.3) is 0 Å². The average molecular weight is 415 g/mol. The summed E-state index contributed by atoms with van der Waals surface area (Å²) in [5.41, 5.74) is 4.25. The SMILES string of the molecule is Fc1ccc(-c2nnc3c4cc5c(cc4n(Cc4ccccc4F)cc2-3)OCO5)cc1. The first kappa shape index (κ1) is 17.8. The molecule has 5 nitrogen and oxygen atoms in total. The van der Waals surface area contributed by atoms with Crippen molar-refractivity contribution in [3.63, 3.8) is 0 Å². The minimum absolute atomic E-state index is 0.148. The second-order valence-electron chi connectivity index (χ2n) is 7.39. The van der Waals surface area contributed by atoms with Crippen LogP contribution in [0.25, 0.3) is 33.4 Å². The molecule has 3 heterocycles. The van der Waals surface area contributed by atoms with E-state index >= 15 is 0 Å². The zero-order valence-electron chi connectivity index (χ0n) is 16.2. The fourth-order valence-corrected chi connectivity index (χ4v) is 3.99. The molecule has 3 aromatic carbocycles. The van der Waals surface area contributed by atoms with Gasteiger partial charge in [-0.15, -0.1) is 10.2 Å². The van der Waals surface area contributed by atoms with Gasteiger partial charge >= 0.3 is 0 Å². The smallest absolute Gasteiger partial charge is 0.231 e. The van der Waals surface area contributed by atoms with E-state index in [0.717, 1.165) is 22.0 Å². The summed E-state index contributed by atoms with van der Waals surface area (Å²) in [6.45, 7) is 0.461. The molecule has 0 N–H and O–H groups in total. The van der Waals surface area contributed by atoms with Crippen molar-refractivity contribution in [2.75, 3.05) is 6.79 Å². The lowest BCUT2D eigenvalue weighted by Crippen LogP contribution is -2.05. The zero-order valence-corrected chi connectivity index (χ0v) is 16.2. The van der Waals surface area contributed by atoms with E-state index in [1.807, 2.05) is 29.0 Å². The minimum Gasteiger partial charge on any atom is -0.454 e. The average Bonchev–Trinajstić information content (AvgIpc) is 3.41. The highest BCUT2D eigenvalue weighted by Gasteiger charge is 2.24. The summed E-state index contributed by atoms with van der Waals surface area (Å²) in [6.07, 6.45) is 1.91. The Labute approximate surface area is 175 Å². The summed E-state index contributed by atoms with van der Waals surface area (Å²) in [5.74, 6) is 0.665. The van der Waals surface area contributed by atoms with E-state index < -0.39 is 0 Å². The number of nitrogens with zero attached hydrogens (tertiary/aromatic N) is 3. The van der Waals surface area contributed by atoms with Crippen LogP contribution in [0.1, 0.15) is 5.56 Å². The Bertz CT molecular complexity index is 1410. The second kappa shape index (κ2) is 6.77. The number of rotatable bonds is 3. The summed E-state index contributed by atoms with van der Waals surface area (Å²) < 4.78 is 40.9. The van der Waals surface area contributed by atoms with Crippen LogP contribution in [0.3, 0.4) is 0 Å². The molecule has 0 radical (unpaired) electrons. The Morgan fingerprint density at radius 1 is 0.871 bits per heavy atom. The van der Waals surface area contributed by atoms with Gasteiger partial charge < -0.3 is 14.0 Å². The van der Waals surface area contributed by atoms with Gasteiger partial charge in [-0.1, -0.05) is 18.2 Å². The van der Waals surface area contributed by atoms with Crippen molar-refractivity contribution < 1.29 is 18.3 Å². The number of benzene rings is 3. The van der Waals surface area contributed by atoms with Crippen LogP contribution >= 0.6 is 0 Å². The maximum Gasteiger partial charge on any atom is 0.231 e. The first-order chi connectivity index (χ1) is 15.2. The fourth-order valence-electron chi connectivity index (χ4n) is 3.99. The number of hydrogen-bond donors (Lipinski definition) is 0. The van der Waals surface area contributed by atoms with Crippen LogP contribution in [0.15, 0.2) is 66.9 Å². The van der Waals surface area contributed by atoms with Gasteiger partial charge in [-0.2, -0.15) is 0 Å². The standard InChI is InChI=1S/C24H15F2N3O2/c25-16-7-5-14(6-8-16)23-18-12-29(11-15-3-1-2-4-19(15)26)20-10-22-21(30-13-31-22)9-17(20)24(18)28-27-23/h1-10,12H,11,13H2. The van der Waals surface area contributed by atoms with E-state index in [0.29, 0.717) is 35.0 Å². The predicted molar refractivity (Wildman–Crippen MR) is 111 cm³/mol. The summed E-state index contributed by atoms with van der Waals surface area (Å²) in [4.78, 5) is 0. The van der Waals surface area contributed by atoms with Crippen molar-refractivity contribution in [1.82, 2.24) is 14.8 Å². The molecule has 0 amide bonds. The summed E-state index contributed by atoms with van der Waals surface area (Å²) in [7, 11) is 0. The molecule has 0 saturated heterocycles. The quantitative estimate of drug-likeness (QED) is 0.403. The summed E-state index contributed by atoms with van der Waals surface area (Å²) in [6, 6.07) is 16.6. The number of hydrogen-bond acceptors (Lipinski definition) is 4. The molecule has 7 heteroatoms. The van der Waals surface area contributed by atoms with Crippen LogP contribution in [-0.2, 0) is 6.54 Å². The fraction of sp³-hybridized carbons (Fsp3) is 0.0833. The number of fused-ring (bicyclic) bond motifs is 4. The van der Waals surface area contributed by atoms with Crippen molar-refractivity contribution in [1.29, 1.82) is 0 Å². The highest BCUT2D eigenvalue weighted by Crippen LogP contribution is 2.42. The van der Waals surface area contributed by atoms with Gasteiger partial charge in [-0.3, -0.25) is 0 Å². The van der Waals surface area contributed by atoms with Crippen LogP contribution < -0.4 is 9.47 Å². The Hall–Kier alpha value is -4.00. The molecule has 3 aliphatic rings. The number of aromatic nitrogens is 3. The van der Waals surface area contributed by atoms with E-state index in [4.69, 9.17) is 9.47 Å². The van der Waals surface area contributed by atoms with Crippen molar-refractivity contribution in [2.45, 2.75) is 6.54 Å². The number of halogens is 2. The van der Waals surface area contributed by atoms with Crippen molar-refractivity contribution in [2.24, 2.45) is 0 Å². The third-order valence-electron chi connectivity index (χ3n) is 5.52. The topological polar surface area (TPSA) is 49.2 Å². The molecule has 3 aliphatic heterocycles. The van der Waals surface area contributed by atoms with Crippen LogP contribution in [0, 0.1) is 11.6 Å². The third-order valence-corrected chi connectivity index (χ3v) is 5.52. The van der Waals surface area contributed by atoms with Gasteiger partial charge in [0.05, 0.1) is 12.1 Å². The van der Waals surface area contributed by atoms with Crippen LogP contribution in [-0.4, -0.2) is 21.6 Å². The molecular weight excluding hydrogens is 400 g/mol. The largest absolute Gasteiger partial charge is 0.454 e. The molecule has 0 aliphatic carbocycles. The lowest BCUT2D eigenvalue weighted by molar-refractivity contribution is 0.174. The van der Waals surface area contributed by atoms with Crippen LogP contribution in [0.2, 0.25) is 0 Å². The summed E-state index contributed by atoms with van der Waals surface area (Å²) in [5, 5.41) is 9.60. The minimum atomic E-state index is -0.319. The molecule has 0 spiro atoms. The van der Waals surface area contributed by atoms with Gasteiger partial charge in [0.2, 0.25) is 6.79 Å². The highest BCUT2D eigenvalue weighted by molar-refractivity contribution is 5.99. The Morgan fingerprint density at radius 3 is 2.42 bits per heavy atom. The van der Waals surface area contributed by atoms with Crippen molar-refractivity contribution >= 4 is 10.9 Å². The van der Waals surface area contributed by atoms with Crippen LogP contribution in [0.5, 0.6) is 11.5 Å².